The molecule has 2 aromatic heterocycles. The lowest BCUT2D eigenvalue weighted by Crippen LogP contribution is -2.07. The van der Waals surface area contributed by atoms with Crippen molar-refractivity contribution in [1.82, 2.24) is 20.2 Å². The van der Waals surface area contributed by atoms with E-state index < -0.39 is 0 Å². The number of hydrogen-bond donors (Lipinski definition) is 1. The van der Waals surface area contributed by atoms with Gasteiger partial charge in [0, 0.05) is 5.69 Å². The van der Waals surface area contributed by atoms with E-state index in [1.54, 1.807) is 11.0 Å². The first-order chi connectivity index (χ1) is 10.1. The Labute approximate surface area is 130 Å². The minimum absolute atomic E-state index is 0.0562. The van der Waals surface area contributed by atoms with Crippen molar-refractivity contribution in [2.24, 2.45) is 0 Å². The molecular weight excluding hydrogens is 334 g/mol. The quantitative estimate of drug-likeness (QED) is 0.782. The highest BCUT2D eigenvalue weighted by atomic mass is 79.9. The second-order valence-electron chi connectivity index (χ2n) is 4.76. The average Bonchev–Trinajstić information content (AvgIpc) is 3.12. The molecule has 0 fully saturated rings. The molecule has 0 spiro atoms. The van der Waals surface area contributed by atoms with Gasteiger partial charge in [-0.25, -0.2) is 4.68 Å². The predicted octanol–water partition coefficient (Wildman–Crippen LogP) is 3.50. The summed E-state index contributed by atoms with van der Waals surface area (Å²) < 4.78 is 7.93. The highest BCUT2D eigenvalue weighted by Crippen LogP contribution is 2.25. The summed E-state index contributed by atoms with van der Waals surface area (Å²) in [5.41, 5.74) is 3.02. The van der Waals surface area contributed by atoms with Crippen LogP contribution in [0, 0.1) is 6.92 Å². The molecule has 7 heteroatoms. The third-order valence-electron chi connectivity index (χ3n) is 3.21. The van der Waals surface area contributed by atoms with Gasteiger partial charge in [0.05, 0.1) is 11.7 Å². The van der Waals surface area contributed by atoms with Gasteiger partial charge in [-0.15, -0.1) is 5.10 Å². The second kappa shape index (κ2) is 5.69. The van der Waals surface area contributed by atoms with Gasteiger partial charge in [0.1, 0.15) is 12.1 Å². The van der Waals surface area contributed by atoms with Crippen molar-refractivity contribution in [3.8, 4) is 5.69 Å². The number of nitrogens with one attached hydrogen (secondary N) is 1. The zero-order valence-corrected chi connectivity index (χ0v) is 13.2. The summed E-state index contributed by atoms with van der Waals surface area (Å²) in [7, 11) is 0. The van der Waals surface area contributed by atoms with E-state index in [0.29, 0.717) is 0 Å². The van der Waals surface area contributed by atoms with Gasteiger partial charge in [0.15, 0.2) is 4.67 Å². The van der Waals surface area contributed by atoms with E-state index in [9.17, 15) is 0 Å². The first-order valence-corrected chi connectivity index (χ1v) is 7.28. The molecule has 0 saturated carbocycles. The van der Waals surface area contributed by atoms with Crippen molar-refractivity contribution >= 4 is 21.6 Å². The lowest BCUT2D eigenvalue weighted by molar-refractivity contribution is 0.471. The Morgan fingerprint density at radius 2 is 2.14 bits per heavy atom. The summed E-state index contributed by atoms with van der Waals surface area (Å²) in [4.78, 5) is 0. The topological polar surface area (TPSA) is 68.8 Å². The molecule has 1 N–H and O–H groups in total. The highest BCUT2D eigenvalue weighted by Gasteiger charge is 2.11. The maximum Gasteiger partial charge on any atom is 0.169 e. The fraction of sp³-hybridized carbons (Fsp3) is 0.214. The van der Waals surface area contributed by atoms with Crippen LogP contribution in [0.1, 0.15) is 24.3 Å². The lowest BCUT2D eigenvalue weighted by Gasteiger charge is -2.14. The fourth-order valence-electron chi connectivity index (χ4n) is 2.10. The van der Waals surface area contributed by atoms with Crippen LogP contribution in [-0.4, -0.2) is 20.2 Å². The molecule has 2 heterocycles. The molecule has 0 aliphatic rings. The summed E-state index contributed by atoms with van der Waals surface area (Å²) in [5, 5.41) is 14.7. The SMILES string of the molecule is Cc1ccc(NC(C)c2ccc(Br)o2)cc1-n1cnnn1. The van der Waals surface area contributed by atoms with Gasteiger partial charge in [-0.05, 0) is 70.0 Å². The van der Waals surface area contributed by atoms with E-state index in [1.807, 2.05) is 44.2 Å². The fourth-order valence-corrected chi connectivity index (χ4v) is 2.42. The second-order valence-corrected chi connectivity index (χ2v) is 5.55. The number of halogens is 1. The molecule has 1 atom stereocenters. The Bertz CT molecular complexity index is 738. The number of benzene rings is 1. The van der Waals surface area contributed by atoms with Gasteiger partial charge < -0.3 is 9.73 Å². The normalized spacial score (nSPS) is 12.3. The summed E-state index contributed by atoms with van der Waals surface area (Å²) in [5.74, 6) is 0.867. The predicted molar refractivity (Wildman–Crippen MR) is 82.3 cm³/mol. The largest absolute Gasteiger partial charge is 0.452 e. The van der Waals surface area contributed by atoms with Crippen molar-refractivity contribution in [2.45, 2.75) is 19.9 Å². The minimum Gasteiger partial charge on any atom is -0.452 e. The van der Waals surface area contributed by atoms with Crippen LogP contribution in [0.25, 0.3) is 5.69 Å². The third kappa shape index (κ3) is 2.97. The van der Waals surface area contributed by atoms with Crippen molar-refractivity contribution in [3.05, 3.63) is 52.7 Å². The van der Waals surface area contributed by atoms with Gasteiger partial charge in [0.25, 0.3) is 0 Å². The molecule has 3 rings (SSSR count). The van der Waals surface area contributed by atoms with E-state index in [1.165, 1.54) is 0 Å². The molecule has 0 aliphatic carbocycles. The van der Waals surface area contributed by atoms with Crippen LogP contribution in [0.15, 0.2) is 45.7 Å². The molecular formula is C14H14BrN5O. The first-order valence-electron chi connectivity index (χ1n) is 6.49. The molecule has 21 heavy (non-hydrogen) atoms. The summed E-state index contributed by atoms with van der Waals surface area (Å²) >= 11 is 3.31. The van der Waals surface area contributed by atoms with E-state index in [0.717, 1.165) is 27.4 Å². The van der Waals surface area contributed by atoms with Crippen LogP contribution < -0.4 is 5.32 Å². The zero-order chi connectivity index (χ0) is 14.8. The Kier molecular flexibility index (Phi) is 3.74. The molecule has 1 aromatic carbocycles. The molecule has 0 aliphatic heterocycles. The Balaban J connectivity index is 1.85. The Hall–Kier alpha value is -2.15. The number of furan rings is 1. The maximum absolute atomic E-state index is 5.56. The molecule has 1 unspecified atom stereocenters. The van der Waals surface area contributed by atoms with E-state index >= 15 is 0 Å². The summed E-state index contributed by atoms with van der Waals surface area (Å²) in [6, 6.07) is 9.95. The molecule has 108 valence electrons. The number of aryl methyl sites for hydroxylation is 1. The van der Waals surface area contributed by atoms with Crippen LogP contribution in [-0.2, 0) is 0 Å². The van der Waals surface area contributed by atoms with E-state index in [2.05, 4.69) is 36.8 Å². The molecule has 0 radical (unpaired) electrons. The maximum atomic E-state index is 5.56. The zero-order valence-electron chi connectivity index (χ0n) is 11.6. The van der Waals surface area contributed by atoms with Crippen molar-refractivity contribution in [2.75, 3.05) is 5.32 Å². The molecule has 0 bridgehead atoms. The minimum atomic E-state index is 0.0562. The number of nitrogens with zero attached hydrogens (tertiary/aromatic N) is 4. The Morgan fingerprint density at radius 3 is 2.81 bits per heavy atom. The van der Waals surface area contributed by atoms with Gasteiger partial charge in [-0.1, -0.05) is 6.07 Å². The van der Waals surface area contributed by atoms with Crippen LogP contribution in [0.2, 0.25) is 0 Å². The highest BCUT2D eigenvalue weighted by molar-refractivity contribution is 9.10. The molecule has 0 saturated heterocycles. The molecule has 3 aromatic rings. The Morgan fingerprint density at radius 1 is 1.29 bits per heavy atom. The smallest absolute Gasteiger partial charge is 0.169 e. The summed E-state index contributed by atoms with van der Waals surface area (Å²) in [6.45, 7) is 4.07. The molecule has 0 amide bonds. The van der Waals surface area contributed by atoms with E-state index in [4.69, 9.17) is 4.42 Å². The lowest BCUT2D eigenvalue weighted by atomic mass is 10.1. The van der Waals surface area contributed by atoms with Crippen LogP contribution >= 0.6 is 15.9 Å². The van der Waals surface area contributed by atoms with Gasteiger partial charge in [-0.2, -0.15) is 0 Å². The van der Waals surface area contributed by atoms with Crippen LogP contribution in [0.4, 0.5) is 5.69 Å². The third-order valence-corrected chi connectivity index (χ3v) is 3.64. The van der Waals surface area contributed by atoms with Crippen LogP contribution in [0.5, 0.6) is 0 Å². The van der Waals surface area contributed by atoms with Gasteiger partial charge in [-0.3, -0.25) is 0 Å². The van der Waals surface area contributed by atoms with E-state index in [-0.39, 0.29) is 6.04 Å². The standard InChI is InChI=1S/C14H14BrN5O/c1-9-3-4-11(7-12(9)20-8-16-18-19-20)17-10(2)13-5-6-14(15)21-13/h3-8,10,17H,1-2H3. The average molecular weight is 348 g/mol. The number of hydrogen-bond acceptors (Lipinski definition) is 5. The van der Waals surface area contributed by atoms with Crippen LogP contribution in [0.3, 0.4) is 0 Å². The number of anilines is 1. The van der Waals surface area contributed by atoms with Crippen molar-refractivity contribution in [3.63, 3.8) is 0 Å². The number of aromatic nitrogens is 4. The van der Waals surface area contributed by atoms with Gasteiger partial charge in [0.2, 0.25) is 0 Å². The number of tetrazole rings is 1. The number of rotatable bonds is 4. The van der Waals surface area contributed by atoms with Crippen molar-refractivity contribution in [1.29, 1.82) is 0 Å². The summed E-state index contributed by atoms with van der Waals surface area (Å²) in [6.07, 6.45) is 1.58. The molecule has 6 nitrogen and oxygen atoms in total. The first kappa shape index (κ1) is 13.8. The monoisotopic (exact) mass is 347 g/mol. The van der Waals surface area contributed by atoms with Gasteiger partial charge >= 0.3 is 0 Å². The van der Waals surface area contributed by atoms with Crippen molar-refractivity contribution < 1.29 is 4.42 Å².